The Bertz CT molecular complexity index is 478. The summed E-state index contributed by atoms with van der Waals surface area (Å²) < 4.78 is 7.02. The normalized spacial score (nSPS) is 18.7. The van der Waals surface area contributed by atoms with E-state index >= 15 is 0 Å². The zero-order valence-electron chi connectivity index (χ0n) is 11.7. The molecule has 0 spiro atoms. The molecule has 0 aromatic carbocycles. The fourth-order valence-electron chi connectivity index (χ4n) is 2.43. The minimum atomic E-state index is -0.00168. The molecule has 110 valence electrons. The maximum absolute atomic E-state index is 11.8. The summed E-state index contributed by atoms with van der Waals surface area (Å²) in [5.41, 5.74) is -0.00168. The van der Waals surface area contributed by atoms with Crippen LogP contribution in [0.3, 0.4) is 0 Å². The molecule has 1 amide bonds. The van der Waals surface area contributed by atoms with Gasteiger partial charge in [-0.1, -0.05) is 6.07 Å². The highest BCUT2D eigenvalue weighted by Crippen LogP contribution is 2.16. The van der Waals surface area contributed by atoms with E-state index in [0.29, 0.717) is 32.0 Å². The number of ether oxygens (including phenoxy) is 1. The fraction of sp³-hybridized carbons (Fsp3) is 0.600. The summed E-state index contributed by atoms with van der Waals surface area (Å²) in [4.78, 5) is 23.2. The average Bonchev–Trinajstić information content (AvgIpc) is 2.46. The van der Waals surface area contributed by atoms with Crippen LogP contribution in [0.1, 0.15) is 25.7 Å². The summed E-state index contributed by atoms with van der Waals surface area (Å²) in [7, 11) is 0. The van der Waals surface area contributed by atoms with Gasteiger partial charge < -0.3 is 14.6 Å². The Hall–Kier alpha value is -1.62. The van der Waals surface area contributed by atoms with Gasteiger partial charge >= 0.3 is 0 Å². The van der Waals surface area contributed by atoms with Crippen LogP contribution in [0, 0.1) is 5.92 Å². The number of nitrogens with one attached hydrogen (secondary N) is 1. The third kappa shape index (κ3) is 4.81. The molecule has 1 aromatic heterocycles. The Balaban J connectivity index is 1.62. The van der Waals surface area contributed by atoms with E-state index in [1.54, 1.807) is 22.9 Å². The van der Waals surface area contributed by atoms with Crippen LogP contribution in [0.15, 0.2) is 29.2 Å². The summed E-state index contributed by atoms with van der Waals surface area (Å²) in [5.74, 6) is 0.446. The second-order valence-electron chi connectivity index (χ2n) is 5.22. The Morgan fingerprint density at radius 2 is 2.35 bits per heavy atom. The van der Waals surface area contributed by atoms with Gasteiger partial charge in [-0.05, 0) is 31.2 Å². The molecule has 0 radical (unpaired) electrons. The van der Waals surface area contributed by atoms with Gasteiger partial charge in [0, 0.05) is 45.0 Å². The van der Waals surface area contributed by atoms with Gasteiger partial charge in [-0.25, -0.2) is 0 Å². The van der Waals surface area contributed by atoms with Crippen LogP contribution in [-0.2, 0) is 16.1 Å². The van der Waals surface area contributed by atoms with Crippen LogP contribution in [0.2, 0.25) is 0 Å². The minimum absolute atomic E-state index is 0.00168. The first-order chi connectivity index (χ1) is 9.75. The largest absolute Gasteiger partial charge is 0.381 e. The van der Waals surface area contributed by atoms with Crippen LogP contribution in [0.5, 0.6) is 0 Å². The lowest BCUT2D eigenvalue weighted by Crippen LogP contribution is -2.30. The number of aromatic nitrogens is 1. The first kappa shape index (κ1) is 14.8. The number of aryl methyl sites for hydroxylation is 1. The number of rotatable bonds is 6. The smallest absolute Gasteiger partial charge is 0.250 e. The predicted molar refractivity (Wildman–Crippen MR) is 76.5 cm³/mol. The molecule has 0 aliphatic carbocycles. The lowest BCUT2D eigenvalue weighted by atomic mass is 9.98. The van der Waals surface area contributed by atoms with Crippen molar-refractivity contribution in [1.29, 1.82) is 0 Å². The zero-order chi connectivity index (χ0) is 14.2. The lowest BCUT2D eigenvalue weighted by molar-refractivity contribution is -0.123. The maximum atomic E-state index is 11.8. The van der Waals surface area contributed by atoms with Gasteiger partial charge in [0.25, 0.3) is 0 Å². The molecule has 1 aliphatic heterocycles. The molecular formula is C15H22N2O3. The van der Waals surface area contributed by atoms with Crippen LogP contribution < -0.4 is 10.9 Å². The number of amides is 1. The zero-order valence-corrected chi connectivity index (χ0v) is 11.7. The highest BCUT2D eigenvalue weighted by molar-refractivity contribution is 5.76. The Morgan fingerprint density at radius 1 is 1.45 bits per heavy atom. The predicted octanol–water partition coefficient (Wildman–Crippen LogP) is 1.17. The van der Waals surface area contributed by atoms with Gasteiger partial charge in [-0.3, -0.25) is 9.59 Å². The Morgan fingerprint density at radius 3 is 3.10 bits per heavy atom. The van der Waals surface area contributed by atoms with Crippen molar-refractivity contribution >= 4 is 5.91 Å². The molecule has 1 aromatic rings. The molecule has 5 nitrogen and oxygen atoms in total. The average molecular weight is 278 g/mol. The van der Waals surface area contributed by atoms with E-state index in [-0.39, 0.29) is 11.5 Å². The molecule has 1 aliphatic rings. The van der Waals surface area contributed by atoms with Crippen molar-refractivity contribution in [2.75, 3.05) is 19.8 Å². The standard InChI is InChI=1S/C15H22N2O3/c18-14(11-13-5-3-10-20-12-13)16-7-4-9-17-8-2-1-6-15(17)19/h1-2,6,8,13H,3-5,7,9-12H2,(H,16,18)/t13-/m0/s1. The van der Waals surface area contributed by atoms with E-state index < -0.39 is 0 Å². The molecule has 0 saturated carbocycles. The highest BCUT2D eigenvalue weighted by Gasteiger charge is 2.17. The van der Waals surface area contributed by atoms with Crippen LogP contribution in [0.25, 0.3) is 0 Å². The number of nitrogens with zero attached hydrogens (tertiary/aromatic N) is 1. The third-order valence-electron chi connectivity index (χ3n) is 3.53. The molecule has 0 unspecified atom stereocenters. The second kappa shape index (κ2) is 7.85. The molecular weight excluding hydrogens is 256 g/mol. The topological polar surface area (TPSA) is 60.3 Å². The third-order valence-corrected chi connectivity index (χ3v) is 3.53. The summed E-state index contributed by atoms with van der Waals surface area (Å²) >= 11 is 0. The molecule has 1 fully saturated rings. The summed E-state index contributed by atoms with van der Waals surface area (Å²) in [6.07, 6.45) is 5.20. The van der Waals surface area contributed by atoms with Crippen molar-refractivity contribution in [3.63, 3.8) is 0 Å². The number of hydrogen-bond acceptors (Lipinski definition) is 3. The molecule has 2 rings (SSSR count). The van der Waals surface area contributed by atoms with E-state index in [4.69, 9.17) is 4.74 Å². The monoisotopic (exact) mass is 278 g/mol. The SMILES string of the molecule is O=C(C[C@@H]1CCCOC1)NCCCn1ccccc1=O. The minimum Gasteiger partial charge on any atom is -0.381 e. The number of pyridine rings is 1. The fourth-order valence-corrected chi connectivity index (χ4v) is 2.43. The van der Waals surface area contributed by atoms with Gasteiger partial charge in [-0.2, -0.15) is 0 Å². The van der Waals surface area contributed by atoms with Crippen molar-refractivity contribution in [3.05, 3.63) is 34.7 Å². The van der Waals surface area contributed by atoms with E-state index in [1.807, 2.05) is 6.07 Å². The van der Waals surface area contributed by atoms with Crippen molar-refractivity contribution in [2.24, 2.45) is 5.92 Å². The summed E-state index contributed by atoms with van der Waals surface area (Å²) in [5, 5.41) is 2.91. The molecule has 1 saturated heterocycles. The molecule has 0 bridgehead atoms. The van der Waals surface area contributed by atoms with Gasteiger partial charge in [0.05, 0.1) is 0 Å². The molecule has 20 heavy (non-hydrogen) atoms. The number of carbonyl (C=O) groups excluding carboxylic acids is 1. The first-order valence-electron chi connectivity index (χ1n) is 7.25. The van der Waals surface area contributed by atoms with Crippen molar-refractivity contribution < 1.29 is 9.53 Å². The Labute approximate surface area is 118 Å². The van der Waals surface area contributed by atoms with Crippen molar-refractivity contribution in [3.8, 4) is 0 Å². The molecule has 1 N–H and O–H groups in total. The first-order valence-corrected chi connectivity index (χ1v) is 7.25. The van der Waals surface area contributed by atoms with Crippen molar-refractivity contribution in [2.45, 2.75) is 32.2 Å². The molecule has 5 heteroatoms. The van der Waals surface area contributed by atoms with E-state index in [1.165, 1.54) is 0 Å². The van der Waals surface area contributed by atoms with Gasteiger partial charge in [0.2, 0.25) is 11.5 Å². The number of hydrogen-bond donors (Lipinski definition) is 1. The van der Waals surface area contributed by atoms with E-state index in [2.05, 4.69) is 5.32 Å². The molecule has 2 heterocycles. The van der Waals surface area contributed by atoms with Gasteiger partial charge in [0.15, 0.2) is 0 Å². The van der Waals surface area contributed by atoms with Crippen molar-refractivity contribution in [1.82, 2.24) is 9.88 Å². The maximum Gasteiger partial charge on any atom is 0.250 e. The van der Waals surface area contributed by atoms with E-state index in [9.17, 15) is 9.59 Å². The Kier molecular flexibility index (Phi) is 5.80. The van der Waals surface area contributed by atoms with Gasteiger partial charge in [0.1, 0.15) is 0 Å². The highest BCUT2D eigenvalue weighted by atomic mass is 16.5. The quantitative estimate of drug-likeness (QED) is 0.795. The number of carbonyl (C=O) groups is 1. The van der Waals surface area contributed by atoms with Crippen LogP contribution in [0.4, 0.5) is 0 Å². The van der Waals surface area contributed by atoms with Gasteiger partial charge in [-0.15, -0.1) is 0 Å². The lowest BCUT2D eigenvalue weighted by Gasteiger charge is -2.21. The molecule has 1 atom stereocenters. The van der Waals surface area contributed by atoms with E-state index in [0.717, 1.165) is 25.9 Å². The summed E-state index contributed by atoms with van der Waals surface area (Å²) in [6.45, 7) is 2.76. The second-order valence-corrected chi connectivity index (χ2v) is 5.22. The van der Waals surface area contributed by atoms with Crippen LogP contribution >= 0.6 is 0 Å². The van der Waals surface area contributed by atoms with Crippen LogP contribution in [-0.4, -0.2) is 30.2 Å². The summed E-state index contributed by atoms with van der Waals surface area (Å²) in [6, 6.07) is 5.11.